The average molecular weight is 358 g/mol. The van der Waals surface area contributed by atoms with E-state index in [1.54, 1.807) is 25.1 Å². The zero-order valence-corrected chi connectivity index (χ0v) is 12.9. The topological polar surface area (TPSA) is 26.3 Å². The van der Waals surface area contributed by atoms with Crippen LogP contribution in [0.3, 0.4) is 0 Å². The Morgan fingerprint density at radius 2 is 1.90 bits per heavy atom. The van der Waals surface area contributed by atoms with Gasteiger partial charge in [-0.3, -0.25) is 4.79 Å². The third-order valence-corrected chi connectivity index (χ3v) is 3.48. The molecule has 0 amide bonds. The number of benzene rings is 2. The Morgan fingerprint density at radius 3 is 2.50 bits per heavy atom. The standard InChI is InChI=1S/C15H11BrClFO2/c1-9(15(19)10-2-5-12(18)6-3-10)20-14-7-4-11(16)8-13(14)17/h2-9H,1H3. The molecule has 0 aliphatic heterocycles. The number of carbonyl (C=O) groups excluding carboxylic acids is 1. The Labute approximate surface area is 129 Å². The predicted molar refractivity (Wildman–Crippen MR) is 80.0 cm³/mol. The van der Waals surface area contributed by atoms with Crippen LogP contribution in [-0.4, -0.2) is 11.9 Å². The van der Waals surface area contributed by atoms with Crippen LogP contribution >= 0.6 is 27.5 Å². The zero-order valence-electron chi connectivity index (χ0n) is 10.6. The third kappa shape index (κ3) is 3.58. The number of rotatable bonds is 4. The van der Waals surface area contributed by atoms with Gasteiger partial charge in [0.15, 0.2) is 6.10 Å². The van der Waals surface area contributed by atoms with E-state index < -0.39 is 6.10 Å². The van der Waals surface area contributed by atoms with E-state index >= 15 is 0 Å². The minimum atomic E-state index is -0.709. The fourth-order valence-electron chi connectivity index (χ4n) is 1.66. The molecule has 0 spiro atoms. The Kier molecular flexibility index (Phi) is 4.78. The highest BCUT2D eigenvalue weighted by atomic mass is 79.9. The maximum Gasteiger partial charge on any atom is 0.202 e. The highest BCUT2D eigenvalue weighted by molar-refractivity contribution is 9.10. The van der Waals surface area contributed by atoms with E-state index in [4.69, 9.17) is 16.3 Å². The van der Waals surface area contributed by atoms with Crippen molar-refractivity contribution in [2.45, 2.75) is 13.0 Å². The average Bonchev–Trinajstić information content (AvgIpc) is 2.42. The van der Waals surface area contributed by atoms with E-state index in [0.717, 1.165) is 4.47 Å². The van der Waals surface area contributed by atoms with Gasteiger partial charge in [0.05, 0.1) is 5.02 Å². The van der Waals surface area contributed by atoms with Gasteiger partial charge in [0.1, 0.15) is 11.6 Å². The molecular weight excluding hydrogens is 347 g/mol. The third-order valence-electron chi connectivity index (χ3n) is 2.70. The van der Waals surface area contributed by atoms with Crippen molar-refractivity contribution in [3.05, 3.63) is 63.3 Å². The molecule has 0 saturated heterocycles. The maximum absolute atomic E-state index is 12.8. The first-order valence-electron chi connectivity index (χ1n) is 5.89. The molecule has 20 heavy (non-hydrogen) atoms. The van der Waals surface area contributed by atoms with Crippen LogP contribution in [0.25, 0.3) is 0 Å². The first kappa shape index (κ1) is 15.0. The minimum Gasteiger partial charge on any atom is -0.481 e. The fraction of sp³-hybridized carbons (Fsp3) is 0.133. The normalized spacial score (nSPS) is 12.0. The molecule has 0 aliphatic rings. The lowest BCUT2D eigenvalue weighted by atomic mass is 10.1. The van der Waals surface area contributed by atoms with Crippen LogP contribution in [0.15, 0.2) is 46.9 Å². The minimum absolute atomic E-state index is 0.232. The molecule has 1 atom stereocenters. The lowest BCUT2D eigenvalue weighted by Gasteiger charge is -2.15. The van der Waals surface area contributed by atoms with Gasteiger partial charge in [-0.25, -0.2) is 4.39 Å². The van der Waals surface area contributed by atoms with Crippen molar-refractivity contribution in [1.29, 1.82) is 0 Å². The van der Waals surface area contributed by atoms with Gasteiger partial charge in [0, 0.05) is 10.0 Å². The van der Waals surface area contributed by atoms with Crippen LogP contribution in [0.5, 0.6) is 5.75 Å². The number of Topliss-reactive ketones (excluding diaryl/α,β-unsaturated/α-hetero) is 1. The number of hydrogen-bond donors (Lipinski definition) is 0. The largest absolute Gasteiger partial charge is 0.481 e. The molecule has 0 saturated carbocycles. The lowest BCUT2D eigenvalue weighted by molar-refractivity contribution is 0.0818. The first-order valence-corrected chi connectivity index (χ1v) is 7.06. The van der Waals surface area contributed by atoms with Gasteiger partial charge in [-0.2, -0.15) is 0 Å². The van der Waals surface area contributed by atoms with Crippen LogP contribution in [0.1, 0.15) is 17.3 Å². The molecule has 1 unspecified atom stereocenters. The van der Waals surface area contributed by atoms with E-state index in [9.17, 15) is 9.18 Å². The second kappa shape index (κ2) is 6.37. The summed E-state index contributed by atoms with van der Waals surface area (Å²) < 4.78 is 19.2. The molecule has 0 heterocycles. The van der Waals surface area contributed by atoms with Crippen molar-refractivity contribution in [2.75, 3.05) is 0 Å². The summed E-state index contributed by atoms with van der Waals surface area (Å²) in [5.74, 6) is -0.187. The monoisotopic (exact) mass is 356 g/mol. The molecule has 0 radical (unpaired) electrons. The van der Waals surface area contributed by atoms with E-state index in [1.165, 1.54) is 24.3 Å². The summed E-state index contributed by atoms with van der Waals surface area (Å²) in [6.45, 7) is 1.63. The van der Waals surface area contributed by atoms with Crippen molar-refractivity contribution in [2.24, 2.45) is 0 Å². The van der Waals surface area contributed by atoms with Gasteiger partial charge in [0.25, 0.3) is 0 Å². The van der Waals surface area contributed by atoms with Crippen LogP contribution in [0, 0.1) is 5.82 Å². The zero-order chi connectivity index (χ0) is 14.7. The summed E-state index contributed by atoms with van der Waals surface area (Å²) in [5, 5.41) is 0.415. The molecule has 0 N–H and O–H groups in total. The molecule has 2 aromatic rings. The molecule has 2 nitrogen and oxygen atoms in total. The lowest BCUT2D eigenvalue weighted by Crippen LogP contribution is -2.24. The quantitative estimate of drug-likeness (QED) is 0.728. The van der Waals surface area contributed by atoms with Crippen molar-refractivity contribution in [1.82, 2.24) is 0 Å². The van der Waals surface area contributed by atoms with Crippen molar-refractivity contribution in [3.8, 4) is 5.75 Å². The number of ether oxygens (including phenoxy) is 1. The number of halogens is 3. The summed E-state index contributed by atoms with van der Waals surface area (Å²) in [7, 11) is 0. The van der Waals surface area contributed by atoms with Crippen LogP contribution in [-0.2, 0) is 0 Å². The van der Waals surface area contributed by atoms with Gasteiger partial charge in [-0.15, -0.1) is 0 Å². The van der Waals surface area contributed by atoms with E-state index in [2.05, 4.69) is 15.9 Å². The van der Waals surface area contributed by atoms with Gasteiger partial charge >= 0.3 is 0 Å². The smallest absolute Gasteiger partial charge is 0.202 e. The number of carbonyl (C=O) groups is 1. The maximum atomic E-state index is 12.8. The van der Waals surface area contributed by atoms with Crippen molar-refractivity contribution >= 4 is 33.3 Å². The molecule has 2 rings (SSSR count). The van der Waals surface area contributed by atoms with Gasteiger partial charge in [-0.05, 0) is 49.4 Å². The fourth-order valence-corrected chi connectivity index (χ4v) is 2.38. The molecular formula is C15H11BrClFO2. The van der Waals surface area contributed by atoms with Gasteiger partial charge in [-0.1, -0.05) is 27.5 Å². The second-order valence-corrected chi connectivity index (χ2v) is 5.53. The number of ketones is 1. The molecule has 0 fully saturated rings. The van der Waals surface area contributed by atoms with Crippen LogP contribution < -0.4 is 4.74 Å². The van der Waals surface area contributed by atoms with Gasteiger partial charge in [0.2, 0.25) is 5.78 Å². The summed E-state index contributed by atoms with van der Waals surface area (Å²) in [6, 6.07) is 10.5. The predicted octanol–water partition coefficient (Wildman–Crippen LogP) is 4.89. The molecule has 5 heteroatoms. The summed E-state index contributed by atoms with van der Waals surface area (Å²) in [6.07, 6.45) is -0.709. The van der Waals surface area contributed by atoms with E-state index in [-0.39, 0.29) is 11.6 Å². The molecule has 104 valence electrons. The Hall–Kier alpha value is -1.39. The van der Waals surface area contributed by atoms with Crippen LogP contribution in [0.4, 0.5) is 4.39 Å². The molecule has 2 aromatic carbocycles. The second-order valence-electron chi connectivity index (χ2n) is 4.21. The Balaban J connectivity index is 2.13. The Bertz CT molecular complexity index is 628. The van der Waals surface area contributed by atoms with Crippen molar-refractivity contribution in [3.63, 3.8) is 0 Å². The number of hydrogen-bond acceptors (Lipinski definition) is 2. The summed E-state index contributed by atoms with van der Waals surface area (Å²) in [4.78, 5) is 12.1. The van der Waals surface area contributed by atoms with E-state index in [0.29, 0.717) is 16.3 Å². The molecule has 0 aliphatic carbocycles. The van der Waals surface area contributed by atoms with E-state index in [1.807, 2.05) is 0 Å². The molecule has 0 aromatic heterocycles. The van der Waals surface area contributed by atoms with Crippen LogP contribution in [0.2, 0.25) is 5.02 Å². The highest BCUT2D eigenvalue weighted by Gasteiger charge is 2.18. The molecule has 0 bridgehead atoms. The highest BCUT2D eigenvalue weighted by Crippen LogP contribution is 2.28. The summed E-state index contributed by atoms with van der Waals surface area (Å²) >= 11 is 9.32. The Morgan fingerprint density at radius 1 is 1.25 bits per heavy atom. The summed E-state index contributed by atoms with van der Waals surface area (Å²) in [5.41, 5.74) is 0.395. The first-order chi connectivity index (χ1) is 9.47. The SMILES string of the molecule is CC(Oc1ccc(Br)cc1Cl)C(=O)c1ccc(F)cc1. The van der Waals surface area contributed by atoms with Gasteiger partial charge < -0.3 is 4.74 Å². The van der Waals surface area contributed by atoms with Crippen molar-refractivity contribution < 1.29 is 13.9 Å².